The number of carboxylic acids is 1. The Morgan fingerprint density at radius 1 is 1.35 bits per heavy atom. The number of alkyl halides is 2. The first kappa shape index (κ1) is 18.7. The van der Waals surface area contributed by atoms with Crippen LogP contribution in [0.3, 0.4) is 0 Å². The monoisotopic (exact) mass is 378 g/mol. The summed E-state index contributed by atoms with van der Waals surface area (Å²) in [5.41, 5.74) is 2.29. The highest BCUT2D eigenvalue weighted by Crippen LogP contribution is 2.33. The first-order valence-corrected chi connectivity index (χ1v) is 8.35. The van der Waals surface area contributed by atoms with Crippen LogP contribution < -0.4 is 10.8 Å². The number of nitrogens with zero attached hydrogens (tertiary/aromatic N) is 2. The van der Waals surface area contributed by atoms with Crippen LogP contribution in [0.2, 0.25) is 0 Å². The van der Waals surface area contributed by atoms with Crippen molar-refractivity contribution in [3.63, 3.8) is 0 Å². The minimum absolute atomic E-state index is 0.00317. The molecule has 3 heterocycles. The molecule has 3 aliphatic heterocycles. The van der Waals surface area contributed by atoms with Gasteiger partial charge in [0.15, 0.2) is 0 Å². The Morgan fingerprint density at radius 2 is 2.12 bits per heavy atom. The van der Waals surface area contributed by atoms with Crippen molar-refractivity contribution in [2.24, 2.45) is 0 Å². The van der Waals surface area contributed by atoms with Gasteiger partial charge in [0, 0.05) is 12.6 Å². The van der Waals surface area contributed by atoms with Crippen LogP contribution in [0.5, 0.6) is 0 Å². The molecule has 0 spiro atoms. The molecule has 3 rings (SSSR count). The highest BCUT2D eigenvalue weighted by molar-refractivity contribution is 5.88. The van der Waals surface area contributed by atoms with Crippen molar-refractivity contribution < 1.29 is 37.9 Å². The predicted octanol–water partition coefficient (Wildman–Crippen LogP) is -0.336. The van der Waals surface area contributed by atoms with Crippen LogP contribution in [0.4, 0.5) is 13.6 Å². The second kappa shape index (κ2) is 7.29. The summed E-state index contributed by atoms with van der Waals surface area (Å²) in [6.45, 7) is 1.18. The first-order valence-electron chi connectivity index (χ1n) is 8.35. The van der Waals surface area contributed by atoms with Gasteiger partial charge in [-0.15, -0.1) is 0 Å². The van der Waals surface area contributed by atoms with E-state index in [9.17, 15) is 23.2 Å². The summed E-state index contributed by atoms with van der Waals surface area (Å²) in [6, 6.07) is -2.43. The van der Waals surface area contributed by atoms with Crippen LogP contribution in [0.15, 0.2) is 0 Å². The standard InChI is InChI=1S/C14H20F2N4O6/c15-14(16,12(22)23)26-20-9-3-4-10(19(6-9)13(20)24)11(21)18-25-7-8-2-1-5-17-8/h8-10,17H,1-7H2,(H,18,21)(H,22,23)/t8-,9+,10-/m0/s1. The molecule has 0 aromatic carbocycles. The fourth-order valence-electron chi connectivity index (χ4n) is 3.37. The van der Waals surface area contributed by atoms with Crippen LogP contribution >= 0.6 is 0 Å². The molecule has 3 atom stereocenters. The van der Waals surface area contributed by atoms with Gasteiger partial charge in [0.2, 0.25) is 0 Å². The van der Waals surface area contributed by atoms with Crippen LogP contribution in [-0.4, -0.2) is 76.9 Å². The Balaban J connectivity index is 1.55. The number of amides is 3. The normalized spacial score (nSPS) is 28.5. The minimum Gasteiger partial charge on any atom is -0.475 e. The Kier molecular flexibility index (Phi) is 5.25. The lowest BCUT2D eigenvalue weighted by Gasteiger charge is -2.29. The van der Waals surface area contributed by atoms with Crippen molar-refractivity contribution >= 4 is 17.9 Å². The van der Waals surface area contributed by atoms with E-state index in [0.29, 0.717) is 5.06 Å². The maximum Gasteiger partial charge on any atom is 0.476 e. The number of urea groups is 1. The van der Waals surface area contributed by atoms with Crippen molar-refractivity contribution in [1.82, 2.24) is 20.8 Å². The Hall–Kier alpha value is -2.05. The maximum atomic E-state index is 13.3. The van der Waals surface area contributed by atoms with Crippen LogP contribution in [0, 0.1) is 0 Å². The van der Waals surface area contributed by atoms with Gasteiger partial charge in [-0.05, 0) is 32.2 Å². The van der Waals surface area contributed by atoms with Gasteiger partial charge in [-0.25, -0.2) is 15.1 Å². The average Bonchev–Trinajstić information content (AvgIpc) is 3.18. The third-order valence-electron chi connectivity index (χ3n) is 4.71. The lowest BCUT2D eigenvalue weighted by atomic mass is 10.0. The average molecular weight is 378 g/mol. The molecule has 0 radical (unpaired) electrons. The molecule has 26 heavy (non-hydrogen) atoms. The van der Waals surface area contributed by atoms with Gasteiger partial charge >= 0.3 is 18.1 Å². The van der Waals surface area contributed by atoms with E-state index in [4.69, 9.17) is 9.94 Å². The van der Waals surface area contributed by atoms with Crippen LogP contribution in [0.25, 0.3) is 0 Å². The highest BCUT2D eigenvalue weighted by atomic mass is 19.3. The van der Waals surface area contributed by atoms with Gasteiger partial charge in [-0.3, -0.25) is 9.63 Å². The molecule has 0 saturated carbocycles. The van der Waals surface area contributed by atoms with E-state index in [1.807, 2.05) is 0 Å². The van der Waals surface area contributed by atoms with E-state index in [-0.39, 0.29) is 32.0 Å². The lowest BCUT2D eigenvalue weighted by molar-refractivity contribution is -0.327. The summed E-state index contributed by atoms with van der Waals surface area (Å²) in [7, 11) is 0. The largest absolute Gasteiger partial charge is 0.476 e. The molecular formula is C14H20F2N4O6. The van der Waals surface area contributed by atoms with Gasteiger partial charge in [-0.1, -0.05) is 0 Å². The van der Waals surface area contributed by atoms with Gasteiger partial charge in [0.1, 0.15) is 6.04 Å². The van der Waals surface area contributed by atoms with E-state index < -0.39 is 36.1 Å². The summed E-state index contributed by atoms with van der Waals surface area (Å²) < 4.78 is 26.5. The highest BCUT2D eigenvalue weighted by Gasteiger charge is 2.53. The van der Waals surface area contributed by atoms with Crippen molar-refractivity contribution in [3.8, 4) is 0 Å². The number of halogens is 2. The number of carbonyl (C=O) groups excluding carboxylic acids is 2. The third kappa shape index (κ3) is 3.71. The Morgan fingerprint density at radius 3 is 2.77 bits per heavy atom. The summed E-state index contributed by atoms with van der Waals surface area (Å²) in [5.74, 6) is -3.05. The molecule has 2 bridgehead atoms. The first-order chi connectivity index (χ1) is 12.3. The molecule has 3 aliphatic rings. The van der Waals surface area contributed by atoms with Crippen LogP contribution in [-0.2, 0) is 19.3 Å². The minimum atomic E-state index is -4.52. The third-order valence-corrected chi connectivity index (χ3v) is 4.71. The number of carboxylic acid groups (broad SMARTS) is 1. The van der Waals surface area contributed by atoms with E-state index in [1.54, 1.807) is 0 Å². The SMILES string of the molecule is O=C(NOC[C@@H]1CCCN1)[C@@H]1CC[C@@H]2CN1C(=O)N2OC(F)(F)C(=O)O. The number of aliphatic carboxylic acids is 1. The molecule has 12 heteroatoms. The second-order valence-corrected chi connectivity index (χ2v) is 6.49. The zero-order chi connectivity index (χ0) is 18.9. The lowest BCUT2D eigenvalue weighted by Crippen LogP contribution is -2.50. The van der Waals surface area contributed by atoms with E-state index in [2.05, 4.69) is 15.6 Å². The molecule has 3 amide bonds. The number of rotatable bonds is 7. The zero-order valence-electron chi connectivity index (χ0n) is 13.8. The molecule has 10 nitrogen and oxygen atoms in total. The van der Waals surface area contributed by atoms with Gasteiger partial charge in [-0.2, -0.15) is 18.7 Å². The molecule has 0 aromatic heterocycles. The Labute approximate surface area is 147 Å². The van der Waals surface area contributed by atoms with Gasteiger partial charge < -0.3 is 15.3 Å². The van der Waals surface area contributed by atoms with Crippen LogP contribution in [0.1, 0.15) is 25.7 Å². The fraction of sp³-hybridized carbons (Fsp3) is 0.786. The van der Waals surface area contributed by atoms with Gasteiger partial charge in [0.05, 0.1) is 12.6 Å². The van der Waals surface area contributed by atoms with Crippen molar-refractivity contribution in [3.05, 3.63) is 0 Å². The predicted molar refractivity (Wildman–Crippen MR) is 79.5 cm³/mol. The molecule has 146 valence electrons. The number of hydroxylamine groups is 3. The van der Waals surface area contributed by atoms with E-state index in [1.165, 1.54) is 0 Å². The smallest absolute Gasteiger partial charge is 0.475 e. The summed E-state index contributed by atoms with van der Waals surface area (Å²) in [4.78, 5) is 45.4. The molecule has 3 fully saturated rings. The maximum absolute atomic E-state index is 13.3. The molecular weight excluding hydrogens is 358 g/mol. The van der Waals surface area contributed by atoms with E-state index >= 15 is 0 Å². The second-order valence-electron chi connectivity index (χ2n) is 6.49. The van der Waals surface area contributed by atoms with Crippen molar-refractivity contribution in [2.75, 3.05) is 19.7 Å². The van der Waals surface area contributed by atoms with Gasteiger partial charge in [0.25, 0.3) is 5.91 Å². The number of carbonyl (C=O) groups is 3. The molecule has 3 N–H and O–H groups in total. The summed E-state index contributed by atoms with van der Waals surface area (Å²) in [5, 5.41) is 12.0. The number of hydrogen-bond acceptors (Lipinski definition) is 6. The quantitative estimate of drug-likeness (QED) is 0.519. The molecule has 0 unspecified atom stereocenters. The summed E-state index contributed by atoms with van der Waals surface area (Å²) >= 11 is 0. The van der Waals surface area contributed by atoms with Crippen molar-refractivity contribution in [1.29, 1.82) is 0 Å². The molecule has 0 aliphatic carbocycles. The fourth-order valence-corrected chi connectivity index (χ4v) is 3.37. The zero-order valence-corrected chi connectivity index (χ0v) is 13.8. The topological polar surface area (TPSA) is 120 Å². The number of fused-ring (bicyclic) bond motifs is 2. The van der Waals surface area contributed by atoms with E-state index in [0.717, 1.165) is 24.3 Å². The molecule has 0 aromatic rings. The summed E-state index contributed by atoms with van der Waals surface area (Å²) in [6.07, 6.45) is -2.10. The number of nitrogens with one attached hydrogen (secondary N) is 2. The number of piperidine rings is 1. The Bertz CT molecular complexity index is 586. The van der Waals surface area contributed by atoms with Crippen molar-refractivity contribution in [2.45, 2.75) is 49.9 Å². The number of hydrogen-bond donors (Lipinski definition) is 3. The molecule has 3 saturated heterocycles.